The van der Waals surface area contributed by atoms with E-state index in [4.69, 9.17) is 11.6 Å². The third kappa shape index (κ3) is 3.99. The van der Waals surface area contributed by atoms with Crippen molar-refractivity contribution in [1.82, 2.24) is 5.32 Å². The summed E-state index contributed by atoms with van der Waals surface area (Å²) in [6.45, 7) is 0. The largest absolute Gasteiger partial charge is 0.316 e. The van der Waals surface area contributed by atoms with Gasteiger partial charge >= 0.3 is 0 Å². The molecule has 2 aromatic carbocycles. The molecule has 0 bridgehead atoms. The highest BCUT2D eigenvalue weighted by atomic mass is 35.5. The first kappa shape index (κ1) is 15.9. The Hall–Kier alpha value is -1.52. The molecule has 0 saturated carbocycles. The summed E-state index contributed by atoms with van der Waals surface area (Å²) in [6, 6.07) is 8.40. The van der Waals surface area contributed by atoms with E-state index < -0.39 is 17.5 Å². The normalized spacial score (nSPS) is 12.4. The summed E-state index contributed by atoms with van der Waals surface area (Å²) in [4.78, 5) is 0. The Morgan fingerprint density at radius 1 is 1.00 bits per heavy atom. The van der Waals surface area contributed by atoms with Gasteiger partial charge < -0.3 is 5.32 Å². The van der Waals surface area contributed by atoms with Crippen LogP contribution < -0.4 is 5.32 Å². The zero-order valence-electron chi connectivity index (χ0n) is 11.5. The fourth-order valence-electron chi connectivity index (χ4n) is 2.20. The molecule has 2 rings (SSSR count). The number of likely N-dealkylation sites (N-methyl/N-ethyl adjacent to an activating group) is 1. The summed E-state index contributed by atoms with van der Waals surface area (Å²) in [6.07, 6.45) is 0.979. The van der Waals surface area contributed by atoms with Crippen molar-refractivity contribution in [2.75, 3.05) is 7.05 Å². The van der Waals surface area contributed by atoms with Crippen molar-refractivity contribution in [2.24, 2.45) is 0 Å². The number of nitrogens with one attached hydrogen (secondary N) is 1. The molecule has 1 unspecified atom stereocenters. The summed E-state index contributed by atoms with van der Waals surface area (Å²) < 4.78 is 39.5. The first-order valence-electron chi connectivity index (χ1n) is 6.55. The van der Waals surface area contributed by atoms with Gasteiger partial charge in [-0.05, 0) is 49.2 Å². The van der Waals surface area contributed by atoms with Crippen molar-refractivity contribution >= 4 is 11.6 Å². The number of rotatable bonds is 5. The second-order valence-electron chi connectivity index (χ2n) is 4.86. The van der Waals surface area contributed by atoms with E-state index in [0.717, 1.165) is 6.07 Å². The minimum absolute atomic E-state index is 0.0610. The van der Waals surface area contributed by atoms with Crippen LogP contribution in [0.3, 0.4) is 0 Å². The van der Waals surface area contributed by atoms with Gasteiger partial charge in [0.05, 0.1) is 5.02 Å². The molecule has 0 aromatic heterocycles. The van der Waals surface area contributed by atoms with Gasteiger partial charge in [0.25, 0.3) is 0 Å². The first-order valence-corrected chi connectivity index (χ1v) is 6.93. The third-order valence-electron chi connectivity index (χ3n) is 3.37. The van der Waals surface area contributed by atoms with E-state index in [-0.39, 0.29) is 11.1 Å². The lowest BCUT2D eigenvalue weighted by molar-refractivity contribution is 0.503. The highest BCUT2D eigenvalue weighted by Crippen LogP contribution is 2.22. The van der Waals surface area contributed by atoms with Crippen molar-refractivity contribution in [1.29, 1.82) is 0 Å². The average Bonchev–Trinajstić information content (AvgIpc) is 2.47. The summed E-state index contributed by atoms with van der Waals surface area (Å²) in [5.41, 5.74) is 1.35. The van der Waals surface area contributed by atoms with Gasteiger partial charge in [0.15, 0.2) is 11.6 Å². The Balaban J connectivity index is 2.13. The van der Waals surface area contributed by atoms with Gasteiger partial charge in [-0.3, -0.25) is 0 Å². The number of benzene rings is 2. The van der Waals surface area contributed by atoms with Crippen LogP contribution >= 0.6 is 11.6 Å². The Morgan fingerprint density at radius 3 is 2.43 bits per heavy atom. The maximum absolute atomic E-state index is 13.4. The topological polar surface area (TPSA) is 12.0 Å². The van der Waals surface area contributed by atoms with Gasteiger partial charge in [-0.1, -0.05) is 29.8 Å². The van der Waals surface area contributed by atoms with Crippen molar-refractivity contribution in [2.45, 2.75) is 18.9 Å². The highest BCUT2D eigenvalue weighted by molar-refractivity contribution is 6.31. The molecular formula is C16H15ClF3N. The maximum Gasteiger partial charge on any atom is 0.159 e. The Morgan fingerprint density at radius 2 is 1.76 bits per heavy atom. The molecule has 0 fully saturated rings. The minimum Gasteiger partial charge on any atom is -0.316 e. The van der Waals surface area contributed by atoms with Crippen molar-refractivity contribution in [3.05, 3.63) is 70.0 Å². The van der Waals surface area contributed by atoms with E-state index in [0.29, 0.717) is 24.0 Å². The van der Waals surface area contributed by atoms with Gasteiger partial charge in [0, 0.05) is 6.04 Å². The molecule has 0 amide bonds. The van der Waals surface area contributed by atoms with E-state index in [9.17, 15) is 13.2 Å². The van der Waals surface area contributed by atoms with E-state index >= 15 is 0 Å². The van der Waals surface area contributed by atoms with Crippen LogP contribution in [0.1, 0.15) is 11.1 Å². The standard InChI is InChI=1S/C16H15ClF3N/c1-21-12(7-10-5-6-13(18)15(20)8-10)9-11-3-2-4-14(19)16(11)17/h2-6,8,12,21H,7,9H2,1H3. The molecule has 112 valence electrons. The van der Waals surface area contributed by atoms with E-state index in [1.165, 1.54) is 18.2 Å². The third-order valence-corrected chi connectivity index (χ3v) is 3.80. The van der Waals surface area contributed by atoms with Crippen LogP contribution in [-0.2, 0) is 12.8 Å². The predicted octanol–water partition coefficient (Wildman–Crippen LogP) is 4.13. The van der Waals surface area contributed by atoms with E-state index in [2.05, 4.69) is 5.32 Å². The van der Waals surface area contributed by atoms with Crippen molar-refractivity contribution < 1.29 is 13.2 Å². The zero-order valence-corrected chi connectivity index (χ0v) is 12.2. The first-order chi connectivity index (χ1) is 10.0. The van der Waals surface area contributed by atoms with Crippen LogP contribution in [0, 0.1) is 17.5 Å². The fraction of sp³-hybridized carbons (Fsp3) is 0.250. The van der Waals surface area contributed by atoms with Gasteiger partial charge in [0.1, 0.15) is 5.82 Å². The van der Waals surface area contributed by atoms with Gasteiger partial charge in [-0.2, -0.15) is 0 Å². The van der Waals surface area contributed by atoms with Crippen LogP contribution in [0.25, 0.3) is 0 Å². The quantitative estimate of drug-likeness (QED) is 0.875. The molecule has 5 heteroatoms. The summed E-state index contributed by atoms with van der Waals surface area (Å²) in [7, 11) is 1.76. The lowest BCUT2D eigenvalue weighted by atomic mass is 9.99. The van der Waals surface area contributed by atoms with Gasteiger partial charge in [0.2, 0.25) is 0 Å². The molecule has 0 aliphatic rings. The van der Waals surface area contributed by atoms with Crippen LogP contribution in [0.5, 0.6) is 0 Å². The molecule has 2 aromatic rings. The van der Waals surface area contributed by atoms with Crippen molar-refractivity contribution in [3.63, 3.8) is 0 Å². The fourth-order valence-corrected chi connectivity index (χ4v) is 2.40. The molecule has 1 atom stereocenters. The predicted molar refractivity (Wildman–Crippen MR) is 78.0 cm³/mol. The highest BCUT2D eigenvalue weighted by Gasteiger charge is 2.14. The molecule has 0 aliphatic carbocycles. The lowest BCUT2D eigenvalue weighted by Gasteiger charge is -2.17. The monoisotopic (exact) mass is 313 g/mol. The Kier molecular flexibility index (Phi) is 5.26. The molecule has 1 nitrogen and oxygen atoms in total. The van der Waals surface area contributed by atoms with Gasteiger partial charge in [-0.15, -0.1) is 0 Å². The van der Waals surface area contributed by atoms with Crippen molar-refractivity contribution in [3.8, 4) is 0 Å². The molecular weight excluding hydrogens is 299 g/mol. The number of hydrogen-bond donors (Lipinski definition) is 1. The second kappa shape index (κ2) is 6.96. The SMILES string of the molecule is CNC(Cc1ccc(F)c(F)c1)Cc1cccc(F)c1Cl. The zero-order chi connectivity index (χ0) is 15.4. The molecule has 0 spiro atoms. The molecule has 0 saturated heterocycles. The minimum atomic E-state index is -0.869. The van der Waals surface area contributed by atoms with Crippen LogP contribution in [0.2, 0.25) is 5.02 Å². The number of halogens is 4. The Labute approximate surface area is 126 Å². The summed E-state index contributed by atoms with van der Waals surface area (Å²) >= 11 is 5.93. The van der Waals surface area contributed by atoms with Gasteiger partial charge in [-0.25, -0.2) is 13.2 Å². The molecule has 1 N–H and O–H groups in total. The summed E-state index contributed by atoms with van der Waals surface area (Å²) in [5, 5.41) is 3.18. The summed E-state index contributed by atoms with van der Waals surface area (Å²) in [5.74, 6) is -2.20. The second-order valence-corrected chi connectivity index (χ2v) is 5.23. The Bertz CT molecular complexity index is 631. The number of hydrogen-bond acceptors (Lipinski definition) is 1. The van der Waals surface area contributed by atoms with E-state index in [1.54, 1.807) is 19.2 Å². The molecule has 0 heterocycles. The van der Waals surface area contributed by atoms with Crippen LogP contribution in [0.4, 0.5) is 13.2 Å². The molecule has 21 heavy (non-hydrogen) atoms. The molecule has 0 radical (unpaired) electrons. The van der Waals surface area contributed by atoms with Crippen LogP contribution in [-0.4, -0.2) is 13.1 Å². The average molecular weight is 314 g/mol. The van der Waals surface area contributed by atoms with Crippen LogP contribution in [0.15, 0.2) is 36.4 Å². The smallest absolute Gasteiger partial charge is 0.159 e. The molecule has 0 aliphatic heterocycles. The van der Waals surface area contributed by atoms with E-state index in [1.807, 2.05) is 0 Å². The lowest BCUT2D eigenvalue weighted by Crippen LogP contribution is -2.30. The maximum atomic E-state index is 13.4.